The molecule has 106 valence electrons. The zero-order valence-electron chi connectivity index (χ0n) is 11.7. The van der Waals surface area contributed by atoms with Crippen LogP contribution in [0.4, 0.5) is 0 Å². The molecule has 3 N–H and O–H groups in total. The van der Waals surface area contributed by atoms with E-state index in [-0.39, 0.29) is 11.9 Å². The van der Waals surface area contributed by atoms with Gasteiger partial charge in [-0.05, 0) is 39.3 Å². The van der Waals surface area contributed by atoms with Gasteiger partial charge in [0.05, 0.1) is 12.1 Å². The molecule has 0 aromatic heterocycles. The molecule has 0 bridgehead atoms. The number of nitrogens with two attached hydrogens (primary N) is 1. The number of nitrogens with one attached hydrogen (secondary N) is 1. The minimum atomic E-state index is -0.278. The topological polar surface area (TPSA) is 67.6 Å². The Hall–Kier alpha value is -0.650. The lowest BCUT2D eigenvalue weighted by Gasteiger charge is -2.29. The minimum Gasteiger partial charge on any atom is -0.377 e. The third-order valence-electron chi connectivity index (χ3n) is 3.27. The number of carbonyl (C=O) groups is 1. The van der Waals surface area contributed by atoms with Crippen LogP contribution in [0, 0.1) is 0 Å². The van der Waals surface area contributed by atoms with Crippen molar-refractivity contribution in [2.75, 3.05) is 33.3 Å². The number of amides is 1. The SMILES string of the molecule is CCCNC(CN(C)CC1CCCCO1)C(N)=O. The lowest BCUT2D eigenvalue weighted by molar-refractivity contribution is -0.120. The first-order valence-electron chi connectivity index (χ1n) is 6.96. The highest BCUT2D eigenvalue weighted by Gasteiger charge is 2.20. The molecule has 0 spiro atoms. The fraction of sp³-hybridized carbons (Fsp3) is 0.923. The smallest absolute Gasteiger partial charge is 0.235 e. The molecular weight excluding hydrogens is 230 g/mol. The van der Waals surface area contributed by atoms with Gasteiger partial charge >= 0.3 is 0 Å². The van der Waals surface area contributed by atoms with Gasteiger partial charge in [0.15, 0.2) is 0 Å². The normalized spacial score (nSPS) is 22.1. The van der Waals surface area contributed by atoms with E-state index in [2.05, 4.69) is 17.1 Å². The van der Waals surface area contributed by atoms with Crippen LogP contribution >= 0.6 is 0 Å². The van der Waals surface area contributed by atoms with Crippen LogP contribution in [0.25, 0.3) is 0 Å². The predicted octanol–water partition coefficient (Wildman–Crippen LogP) is 0.341. The molecule has 5 nitrogen and oxygen atoms in total. The molecule has 1 amide bonds. The van der Waals surface area contributed by atoms with Crippen LogP contribution in [0.1, 0.15) is 32.6 Å². The van der Waals surface area contributed by atoms with E-state index < -0.39 is 0 Å². The van der Waals surface area contributed by atoms with E-state index in [1.807, 2.05) is 7.05 Å². The first-order valence-corrected chi connectivity index (χ1v) is 6.96. The maximum Gasteiger partial charge on any atom is 0.235 e. The summed E-state index contributed by atoms with van der Waals surface area (Å²) in [4.78, 5) is 13.5. The van der Waals surface area contributed by atoms with Crippen molar-refractivity contribution in [2.24, 2.45) is 5.73 Å². The Labute approximate surface area is 110 Å². The van der Waals surface area contributed by atoms with E-state index in [0.717, 1.165) is 32.5 Å². The molecule has 2 unspecified atom stereocenters. The number of rotatable bonds is 8. The van der Waals surface area contributed by atoms with Crippen molar-refractivity contribution in [1.29, 1.82) is 0 Å². The molecule has 0 aromatic rings. The molecule has 1 fully saturated rings. The van der Waals surface area contributed by atoms with E-state index in [0.29, 0.717) is 12.6 Å². The van der Waals surface area contributed by atoms with Crippen LogP contribution in [0.5, 0.6) is 0 Å². The molecule has 0 radical (unpaired) electrons. The lowest BCUT2D eigenvalue weighted by Crippen LogP contribution is -2.49. The van der Waals surface area contributed by atoms with Crippen molar-refractivity contribution in [2.45, 2.75) is 44.8 Å². The maximum absolute atomic E-state index is 11.3. The number of ether oxygens (including phenoxy) is 1. The zero-order valence-corrected chi connectivity index (χ0v) is 11.7. The molecule has 0 aliphatic carbocycles. The summed E-state index contributed by atoms with van der Waals surface area (Å²) in [7, 11) is 2.02. The van der Waals surface area contributed by atoms with Gasteiger partial charge in [-0.1, -0.05) is 6.92 Å². The van der Waals surface area contributed by atoms with Gasteiger partial charge < -0.3 is 20.7 Å². The summed E-state index contributed by atoms with van der Waals surface area (Å²) in [5.41, 5.74) is 5.40. The Balaban J connectivity index is 2.30. The van der Waals surface area contributed by atoms with Crippen LogP contribution in [-0.4, -0.2) is 56.2 Å². The first-order chi connectivity index (χ1) is 8.63. The van der Waals surface area contributed by atoms with Gasteiger partial charge in [0, 0.05) is 19.7 Å². The van der Waals surface area contributed by atoms with Crippen molar-refractivity contribution < 1.29 is 9.53 Å². The minimum absolute atomic E-state index is 0.265. The van der Waals surface area contributed by atoms with Gasteiger partial charge in [-0.15, -0.1) is 0 Å². The second kappa shape index (κ2) is 8.45. The highest BCUT2D eigenvalue weighted by atomic mass is 16.5. The predicted molar refractivity (Wildman–Crippen MR) is 72.4 cm³/mol. The maximum atomic E-state index is 11.3. The number of hydrogen-bond acceptors (Lipinski definition) is 4. The largest absolute Gasteiger partial charge is 0.377 e. The van der Waals surface area contributed by atoms with E-state index in [1.165, 1.54) is 12.8 Å². The third kappa shape index (κ3) is 5.80. The summed E-state index contributed by atoms with van der Waals surface area (Å²) < 4.78 is 5.69. The highest BCUT2D eigenvalue weighted by molar-refractivity contribution is 5.80. The van der Waals surface area contributed by atoms with Gasteiger partial charge in [-0.25, -0.2) is 0 Å². The van der Waals surface area contributed by atoms with E-state index >= 15 is 0 Å². The van der Waals surface area contributed by atoms with Gasteiger partial charge in [0.1, 0.15) is 0 Å². The zero-order chi connectivity index (χ0) is 13.4. The van der Waals surface area contributed by atoms with Gasteiger partial charge in [0.2, 0.25) is 5.91 Å². The molecule has 1 aliphatic rings. The van der Waals surface area contributed by atoms with Crippen molar-refractivity contribution in [3.05, 3.63) is 0 Å². The Morgan fingerprint density at radius 2 is 2.33 bits per heavy atom. The Bertz CT molecular complexity index is 242. The summed E-state index contributed by atoms with van der Waals surface area (Å²) in [6.45, 7) is 5.28. The molecule has 18 heavy (non-hydrogen) atoms. The van der Waals surface area contributed by atoms with Crippen molar-refractivity contribution in [3.8, 4) is 0 Å². The molecule has 5 heteroatoms. The van der Waals surface area contributed by atoms with Gasteiger partial charge in [-0.2, -0.15) is 0 Å². The molecule has 1 rings (SSSR count). The highest BCUT2D eigenvalue weighted by Crippen LogP contribution is 2.13. The van der Waals surface area contributed by atoms with E-state index in [1.54, 1.807) is 0 Å². The monoisotopic (exact) mass is 257 g/mol. The molecule has 1 saturated heterocycles. The van der Waals surface area contributed by atoms with Gasteiger partial charge in [0.25, 0.3) is 0 Å². The number of hydrogen-bond donors (Lipinski definition) is 2. The van der Waals surface area contributed by atoms with Crippen LogP contribution in [0.3, 0.4) is 0 Å². The van der Waals surface area contributed by atoms with Crippen LogP contribution in [-0.2, 0) is 9.53 Å². The van der Waals surface area contributed by atoms with Gasteiger partial charge in [-0.3, -0.25) is 4.79 Å². The number of likely N-dealkylation sites (N-methyl/N-ethyl adjacent to an activating group) is 1. The van der Waals surface area contributed by atoms with Crippen molar-refractivity contribution in [3.63, 3.8) is 0 Å². The summed E-state index contributed by atoms with van der Waals surface area (Å²) in [6.07, 6.45) is 4.84. The quantitative estimate of drug-likeness (QED) is 0.658. The molecule has 0 aromatic carbocycles. The second-order valence-corrected chi connectivity index (χ2v) is 5.12. The first kappa shape index (κ1) is 15.4. The van der Waals surface area contributed by atoms with Crippen LogP contribution in [0.2, 0.25) is 0 Å². The molecule has 1 heterocycles. The average molecular weight is 257 g/mol. The van der Waals surface area contributed by atoms with Crippen LogP contribution in [0.15, 0.2) is 0 Å². The molecule has 1 aliphatic heterocycles. The molecule has 0 saturated carbocycles. The number of primary amides is 1. The summed E-state index contributed by atoms with van der Waals surface area (Å²) in [6, 6.07) is -0.265. The fourth-order valence-electron chi connectivity index (χ4n) is 2.26. The fourth-order valence-corrected chi connectivity index (χ4v) is 2.26. The average Bonchev–Trinajstić information content (AvgIpc) is 2.35. The Morgan fingerprint density at radius 1 is 1.56 bits per heavy atom. The number of nitrogens with zero attached hydrogens (tertiary/aromatic N) is 1. The Kier molecular flexibility index (Phi) is 7.23. The second-order valence-electron chi connectivity index (χ2n) is 5.12. The lowest BCUT2D eigenvalue weighted by atomic mass is 10.1. The van der Waals surface area contributed by atoms with Crippen molar-refractivity contribution >= 4 is 5.91 Å². The Morgan fingerprint density at radius 3 is 2.89 bits per heavy atom. The molecular formula is C13H27N3O2. The summed E-state index contributed by atoms with van der Waals surface area (Å²) in [5, 5.41) is 3.18. The van der Waals surface area contributed by atoms with E-state index in [9.17, 15) is 4.79 Å². The summed E-state index contributed by atoms with van der Waals surface area (Å²) >= 11 is 0. The molecule has 2 atom stereocenters. The third-order valence-corrected chi connectivity index (χ3v) is 3.27. The standard InChI is InChI=1S/C13H27N3O2/c1-3-7-15-12(13(14)17)10-16(2)9-11-6-4-5-8-18-11/h11-12,15H,3-10H2,1-2H3,(H2,14,17). The van der Waals surface area contributed by atoms with E-state index in [4.69, 9.17) is 10.5 Å². The summed E-state index contributed by atoms with van der Waals surface area (Å²) in [5.74, 6) is -0.278. The van der Waals surface area contributed by atoms with Crippen LogP contribution < -0.4 is 11.1 Å². The van der Waals surface area contributed by atoms with Crippen molar-refractivity contribution in [1.82, 2.24) is 10.2 Å². The number of carbonyl (C=O) groups excluding carboxylic acids is 1.